The number of aryl methyl sites for hydroxylation is 1. The highest BCUT2D eigenvalue weighted by molar-refractivity contribution is 5.33. The van der Waals surface area contributed by atoms with Gasteiger partial charge in [0.15, 0.2) is 0 Å². The van der Waals surface area contributed by atoms with Crippen LogP contribution < -0.4 is 5.32 Å². The maximum Gasteiger partial charge on any atom is 0.416 e. The third kappa shape index (κ3) is 4.33. The minimum absolute atomic E-state index is 0.294. The van der Waals surface area contributed by atoms with Crippen LogP contribution in [0.2, 0.25) is 0 Å². The van der Waals surface area contributed by atoms with Gasteiger partial charge in [-0.05, 0) is 37.0 Å². The third-order valence-corrected chi connectivity index (χ3v) is 2.77. The van der Waals surface area contributed by atoms with Crippen molar-refractivity contribution >= 4 is 0 Å². The van der Waals surface area contributed by atoms with E-state index in [1.165, 1.54) is 25.8 Å². The van der Waals surface area contributed by atoms with Gasteiger partial charge >= 0.3 is 6.18 Å². The maximum atomic E-state index is 12.5. The summed E-state index contributed by atoms with van der Waals surface area (Å²) in [7, 11) is 0. The van der Waals surface area contributed by atoms with Crippen molar-refractivity contribution in [2.45, 2.75) is 52.4 Å². The van der Waals surface area contributed by atoms with Crippen LogP contribution in [0.4, 0.5) is 13.2 Å². The SMILES string of the molecule is CC.Cc1cc(CNC2CC2)ccc1C(F)(F)F. The number of benzene rings is 1. The number of halogens is 3. The van der Waals surface area contributed by atoms with E-state index in [4.69, 9.17) is 0 Å². The molecule has 0 spiro atoms. The lowest BCUT2D eigenvalue weighted by Gasteiger charge is -2.11. The molecule has 1 aliphatic rings. The molecule has 1 aliphatic carbocycles. The molecule has 1 fully saturated rings. The van der Waals surface area contributed by atoms with Crippen molar-refractivity contribution in [2.75, 3.05) is 0 Å². The van der Waals surface area contributed by atoms with Gasteiger partial charge in [0.05, 0.1) is 5.56 Å². The van der Waals surface area contributed by atoms with E-state index in [1.54, 1.807) is 12.1 Å². The van der Waals surface area contributed by atoms with Crippen LogP contribution in [0.15, 0.2) is 18.2 Å². The van der Waals surface area contributed by atoms with Gasteiger partial charge in [0.2, 0.25) is 0 Å². The maximum absolute atomic E-state index is 12.5. The van der Waals surface area contributed by atoms with Crippen LogP contribution in [-0.4, -0.2) is 6.04 Å². The smallest absolute Gasteiger partial charge is 0.310 e. The summed E-state index contributed by atoms with van der Waals surface area (Å²) in [6.07, 6.45) is -1.88. The van der Waals surface area contributed by atoms with Crippen LogP contribution in [0.1, 0.15) is 43.4 Å². The number of hydrogen-bond donors (Lipinski definition) is 1. The Morgan fingerprint density at radius 1 is 1.22 bits per heavy atom. The molecule has 4 heteroatoms. The molecular formula is C14H20F3N. The summed E-state index contributed by atoms with van der Waals surface area (Å²) < 4.78 is 37.5. The predicted molar refractivity (Wildman–Crippen MR) is 67.4 cm³/mol. The Labute approximate surface area is 106 Å². The molecule has 0 heterocycles. The molecule has 0 aromatic heterocycles. The van der Waals surface area contributed by atoms with E-state index in [1.807, 2.05) is 13.8 Å². The van der Waals surface area contributed by atoms with Crippen molar-refractivity contribution in [1.82, 2.24) is 5.32 Å². The summed E-state index contributed by atoms with van der Waals surface area (Å²) in [5, 5.41) is 3.28. The second kappa shape index (κ2) is 6.23. The first-order valence-corrected chi connectivity index (χ1v) is 6.37. The molecular weight excluding hydrogens is 239 g/mol. The molecule has 0 atom stereocenters. The standard InChI is InChI=1S/C12H14F3N.C2H6/c1-8-6-9(7-16-10-3-4-10)2-5-11(8)12(13,14)15;1-2/h2,5-6,10,16H,3-4,7H2,1H3;1-2H3. The predicted octanol–water partition coefficient (Wildman–Crippen LogP) is 4.29. The lowest BCUT2D eigenvalue weighted by molar-refractivity contribution is -0.138. The molecule has 2 rings (SSSR count). The van der Waals surface area contributed by atoms with E-state index >= 15 is 0 Å². The number of rotatable bonds is 3. The Kier molecular flexibility index (Phi) is 5.20. The molecule has 1 nitrogen and oxygen atoms in total. The third-order valence-electron chi connectivity index (χ3n) is 2.77. The second-order valence-electron chi connectivity index (χ2n) is 4.30. The monoisotopic (exact) mass is 259 g/mol. The zero-order valence-electron chi connectivity index (χ0n) is 11.1. The van der Waals surface area contributed by atoms with E-state index < -0.39 is 11.7 Å². The lowest BCUT2D eigenvalue weighted by Crippen LogP contribution is -2.16. The van der Waals surface area contributed by atoms with Crippen molar-refractivity contribution < 1.29 is 13.2 Å². The van der Waals surface area contributed by atoms with Gasteiger partial charge in [0, 0.05) is 12.6 Å². The number of nitrogens with one attached hydrogen (secondary N) is 1. The summed E-state index contributed by atoms with van der Waals surface area (Å²) in [5.74, 6) is 0. The van der Waals surface area contributed by atoms with Crippen molar-refractivity contribution in [2.24, 2.45) is 0 Å². The minimum Gasteiger partial charge on any atom is -0.310 e. The van der Waals surface area contributed by atoms with Crippen LogP contribution in [0, 0.1) is 6.92 Å². The Morgan fingerprint density at radius 3 is 2.28 bits per heavy atom. The van der Waals surface area contributed by atoms with E-state index in [0.29, 0.717) is 18.2 Å². The fourth-order valence-corrected chi connectivity index (χ4v) is 1.70. The molecule has 0 unspecified atom stereocenters. The molecule has 0 saturated heterocycles. The lowest BCUT2D eigenvalue weighted by atomic mass is 10.0. The van der Waals surface area contributed by atoms with E-state index in [0.717, 1.165) is 5.56 Å². The molecule has 1 N–H and O–H groups in total. The molecule has 1 saturated carbocycles. The van der Waals surface area contributed by atoms with Crippen molar-refractivity contribution in [1.29, 1.82) is 0 Å². The fourth-order valence-electron chi connectivity index (χ4n) is 1.70. The average Bonchev–Trinajstić information content (AvgIpc) is 3.11. The van der Waals surface area contributed by atoms with Crippen LogP contribution in [-0.2, 0) is 12.7 Å². The number of alkyl halides is 3. The Bertz CT molecular complexity index is 381. The molecule has 102 valence electrons. The van der Waals surface area contributed by atoms with Crippen LogP contribution in [0.3, 0.4) is 0 Å². The largest absolute Gasteiger partial charge is 0.416 e. The molecule has 0 bridgehead atoms. The van der Waals surface area contributed by atoms with Gasteiger partial charge in [-0.2, -0.15) is 13.2 Å². The first-order valence-electron chi connectivity index (χ1n) is 6.37. The van der Waals surface area contributed by atoms with Gasteiger partial charge < -0.3 is 5.32 Å². The van der Waals surface area contributed by atoms with Gasteiger partial charge in [-0.25, -0.2) is 0 Å². The molecule has 18 heavy (non-hydrogen) atoms. The molecule has 0 radical (unpaired) electrons. The topological polar surface area (TPSA) is 12.0 Å². The van der Waals surface area contributed by atoms with Gasteiger partial charge in [-0.1, -0.05) is 26.0 Å². The Hall–Kier alpha value is -1.03. The summed E-state index contributed by atoms with van der Waals surface area (Å²) >= 11 is 0. The molecule has 1 aromatic rings. The van der Waals surface area contributed by atoms with Crippen LogP contribution in [0.5, 0.6) is 0 Å². The summed E-state index contributed by atoms with van der Waals surface area (Å²) in [5.41, 5.74) is 0.669. The van der Waals surface area contributed by atoms with Crippen LogP contribution >= 0.6 is 0 Å². The Balaban J connectivity index is 0.000000771. The van der Waals surface area contributed by atoms with Gasteiger partial charge in [0.25, 0.3) is 0 Å². The van der Waals surface area contributed by atoms with E-state index in [2.05, 4.69) is 5.32 Å². The van der Waals surface area contributed by atoms with Gasteiger partial charge in [-0.15, -0.1) is 0 Å². The van der Waals surface area contributed by atoms with Gasteiger partial charge in [-0.3, -0.25) is 0 Å². The zero-order chi connectivity index (χ0) is 13.8. The van der Waals surface area contributed by atoms with Crippen LogP contribution in [0.25, 0.3) is 0 Å². The molecule has 0 amide bonds. The normalized spacial score (nSPS) is 15.0. The first kappa shape index (κ1) is 15.0. The quantitative estimate of drug-likeness (QED) is 0.853. The minimum atomic E-state index is -4.24. The van der Waals surface area contributed by atoms with E-state index in [9.17, 15) is 13.2 Å². The highest BCUT2D eigenvalue weighted by Crippen LogP contribution is 2.32. The first-order chi connectivity index (χ1) is 8.47. The second-order valence-corrected chi connectivity index (χ2v) is 4.30. The Morgan fingerprint density at radius 2 is 1.83 bits per heavy atom. The van der Waals surface area contributed by atoms with Crippen molar-refractivity contribution in [3.05, 3.63) is 34.9 Å². The highest BCUT2D eigenvalue weighted by atomic mass is 19.4. The van der Waals surface area contributed by atoms with Crippen molar-refractivity contribution in [3.63, 3.8) is 0 Å². The summed E-state index contributed by atoms with van der Waals surface area (Å²) in [4.78, 5) is 0. The van der Waals surface area contributed by atoms with E-state index in [-0.39, 0.29) is 0 Å². The number of hydrogen-bond acceptors (Lipinski definition) is 1. The van der Waals surface area contributed by atoms with Gasteiger partial charge in [0.1, 0.15) is 0 Å². The molecule has 1 aromatic carbocycles. The zero-order valence-corrected chi connectivity index (χ0v) is 11.1. The summed E-state index contributed by atoms with van der Waals surface area (Å²) in [6.45, 7) is 6.16. The summed E-state index contributed by atoms with van der Waals surface area (Å²) in [6, 6.07) is 4.89. The molecule has 0 aliphatic heterocycles. The highest BCUT2D eigenvalue weighted by Gasteiger charge is 2.32. The van der Waals surface area contributed by atoms with Crippen molar-refractivity contribution in [3.8, 4) is 0 Å². The average molecular weight is 259 g/mol. The fraction of sp³-hybridized carbons (Fsp3) is 0.571.